The van der Waals surface area contributed by atoms with Crippen molar-refractivity contribution < 1.29 is 18.0 Å². The Morgan fingerprint density at radius 3 is 2.78 bits per heavy atom. The van der Waals surface area contributed by atoms with E-state index >= 15 is 0 Å². The molecule has 1 amide bonds. The van der Waals surface area contributed by atoms with E-state index in [2.05, 4.69) is 15.5 Å². The second-order valence-electron chi connectivity index (χ2n) is 6.12. The van der Waals surface area contributed by atoms with Crippen LogP contribution in [0.3, 0.4) is 0 Å². The fourth-order valence-corrected chi connectivity index (χ4v) is 3.34. The molecule has 2 N–H and O–H groups in total. The molecule has 3 rings (SSSR count). The van der Waals surface area contributed by atoms with Crippen LogP contribution < -0.4 is 5.32 Å². The number of halogens is 3. The maximum absolute atomic E-state index is 13.2. The van der Waals surface area contributed by atoms with Gasteiger partial charge in [-0.15, -0.1) is 0 Å². The monoisotopic (exact) mass is 325 g/mol. The molecule has 1 saturated carbocycles. The summed E-state index contributed by atoms with van der Waals surface area (Å²) in [6.45, 7) is 1.91. The van der Waals surface area contributed by atoms with Crippen LogP contribution in [0.2, 0.25) is 0 Å². The van der Waals surface area contributed by atoms with E-state index in [1.54, 1.807) is 12.3 Å². The number of H-pyrrole nitrogens is 1. The second kappa shape index (κ2) is 5.86. The number of nitrogens with zero attached hydrogens (tertiary/aromatic N) is 1. The summed E-state index contributed by atoms with van der Waals surface area (Å²) in [6, 6.07) is 3.51. The summed E-state index contributed by atoms with van der Waals surface area (Å²) >= 11 is 0. The first-order chi connectivity index (χ1) is 10.9. The van der Waals surface area contributed by atoms with Crippen molar-refractivity contribution in [1.82, 2.24) is 10.2 Å². The van der Waals surface area contributed by atoms with Gasteiger partial charge in [-0.3, -0.25) is 9.89 Å². The third kappa shape index (κ3) is 3.04. The van der Waals surface area contributed by atoms with E-state index in [1.165, 1.54) is 0 Å². The number of benzene rings is 1. The zero-order valence-corrected chi connectivity index (χ0v) is 12.7. The summed E-state index contributed by atoms with van der Waals surface area (Å²) in [5, 5.41) is 10.2. The molecule has 0 unspecified atom stereocenters. The Labute approximate surface area is 131 Å². The highest BCUT2D eigenvalue weighted by molar-refractivity contribution is 6.02. The average Bonchev–Trinajstić information content (AvgIpc) is 3.00. The van der Waals surface area contributed by atoms with Crippen molar-refractivity contribution in [1.29, 1.82) is 0 Å². The van der Waals surface area contributed by atoms with Crippen molar-refractivity contribution in [3.05, 3.63) is 23.9 Å². The Morgan fingerprint density at radius 1 is 1.30 bits per heavy atom. The van der Waals surface area contributed by atoms with Crippen LogP contribution in [0.1, 0.15) is 31.2 Å². The Morgan fingerprint density at radius 2 is 2.04 bits per heavy atom. The first kappa shape index (κ1) is 15.8. The smallest absolute Gasteiger partial charge is 0.324 e. The molecule has 1 aliphatic rings. The van der Waals surface area contributed by atoms with Crippen LogP contribution in [-0.4, -0.2) is 22.3 Å². The topological polar surface area (TPSA) is 57.8 Å². The summed E-state index contributed by atoms with van der Waals surface area (Å²) in [7, 11) is 0. The molecule has 124 valence electrons. The number of carbonyl (C=O) groups is 1. The van der Waals surface area contributed by atoms with Crippen molar-refractivity contribution in [2.45, 2.75) is 38.8 Å². The highest BCUT2D eigenvalue weighted by atomic mass is 19.4. The Hall–Kier alpha value is -2.05. The Bertz CT molecular complexity index is 723. The predicted molar refractivity (Wildman–Crippen MR) is 81.0 cm³/mol. The summed E-state index contributed by atoms with van der Waals surface area (Å²) < 4.78 is 39.5. The number of hydrogen-bond donors (Lipinski definition) is 2. The van der Waals surface area contributed by atoms with Crippen LogP contribution in [0.15, 0.2) is 18.3 Å². The van der Waals surface area contributed by atoms with Crippen molar-refractivity contribution in [2.75, 3.05) is 5.32 Å². The van der Waals surface area contributed by atoms with Gasteiger partial charge in [-0.25, -0.2) is 0 Å². The molecule has 0 radical (unpaired) electrons. The fourth-order valence-electron chi connectivity index (χ4n) is 3.34. The molecule has 23 heavy (non-hydrogen) atoms. The van der Waals surface area contributed by atoms with Crippen LogP contribution in [0.25, 0.3) is 10.9 Å². The van der Waals surface area contributed by atoms with Gasteiger partial charge < -0.3 is 5.32 Å². The SMILES string of the molecule is Cc1ccc(NC(=O)[C@H]2CCCC[C@@H]2C(F)(F)F)c2[nH]ncc12. The first-order valence-electron chi connectivity index (χ1n) is 7.68. The molecule has 0 aliphatic heterocycles. The summed E-state index contributed by atoms with van der Waals surface area (Å²) in [6.07, 6.45) is -1.23. The molecule has 2 aromatic rings. The lowest BCUT2D eigenvalue weighted by Crippen LogP contribution is -2.39. The quantitative estimate of drug-likeness (QED) is 0.870. The van der Waals surface area contributed by atoms with Gasteiger partial charge in [0.1, 0.15) is 0 Å². The minimum Gasteiger partial charge on any atom is -0.324 e. The van der Waals surface area contributed by atoms with Gasteiger partial charge >= 0.3 is 6.18 Å². The van der Waals surface area contributed by atoms with E-state index in [0.29, 0.717) is 24.0 Å². The molecular weight excluding hydrogens is 307 g/mol. The highest BCUT2D eigenvalue weighted by Gasteiger charge is 2.48. The normalized spacial score (nSPS) is 22.3. The number of hydrogen-bond acceptors (Lipinski definition) is 2. The van der Waals surface area contributed by atoms with E-state index in [-0.39, 0.29) is 12.8 Å². The van der Waals surface area contributed by atoms with Crippen LogP contribution in [0, 0.1) is 18.8 Å². The van der Waals surface area contributed by atoms with E-state index in [9.17, 15) is 18.0 Å². The maximum atomic E-state index is 13.2. The van der Waals surface area contributed by atoms with Crippen molar-refractivity contribution in [3.63, 3.8) is 0 Å². The van der Waals surface area contributed by atoms with Crippen molar-refractivity contribution in [3.8, 4) is 0 Å². The Balaban J connectivity index is 1.85. The number of aromatic nitrogens is 2. The van der Waals surface area contributed by atoms with Gasteiger partial charge in [-0.1, -0.05) is 18.9 Å². The van der Waals surface area contributed by atoms with Gasteiger partial charge in [-0.05, 0) is 31.4 Å². The van der Waals surface area contributed by atoms with Gasteiger partial charge in [-0.2, -0.15) is 18.3 Å². The van der Waals surface area contributed by atoms with Gasteiger partial charge in [0.05, 0.1) is 23.3 Å². The number of amides is 1. The van der Waals surface area contributed by atoms with Gasteiger partial charge in [0, 0.05) is 11.3 Å². The van der Waals surface area contributed by atoms with Gasteiger partial charge in [0.15, 0.2) is 0 Å². The van der Waals surface area contributed by atoms with Crippen LogP contribution in [-0.2, 0) is 4.79 Å². The molecule has 0 spiro atoms. The average molecular weight is 325 g/mol. The third-order valence-corrected chi connectivity index (χ3v) is 4.61. The molecule has 1 aromatic carbocycles. The van der Waals surface area contributed by atoms with Crippen LogP contribution in [0.5, 0.6) is 0 Å². The second-order valence-corrected chi connectivity index (χ2v) is 6.12. The molecule has 4 nitrogen and oxygen atoms in total. The van der Waals surface area contributed by atoms with Crippen molar-refractivity contribution in [2.24, 2.45) is 11.8 Å². The van der Waals surface area contributed by atoms with E-state index in [0.717, 1.165) is 10.9 Å². The molecule has 0 saturated heterocycles. The molecule has 1 aromatic heterocycles. The number of nitrogens with one attached hydrogen (secondary N) is 2. The predicted octanol–water partition coefficient (Wildman–Crippen LogP) is 4.18. The molecular formula is C16H18F3N3O. The minimum absolute atomic E-state index is 0.0228. The largest absolute Gasteiger partial charge is 0.392 e. The molecule has 1 aliphatic carbocycles. The minimum atomic E-state index is -4.33. The number of rotatable bonds is 2. The zero-order chi connectivity index (χ0) is 16.6. The third-order valence-electron chi connectivity index (χ3n) is 4.61. The summed E-state index contributed by atoms with van der Waals surface area (Å²) in [5.74, 6) is -3.14. The lowest BCUT2D eigenvalue weighted by Gasteiger charge is -2.32. The molecule has 2 atom stereocenters. The van der Waals surface area contributed by atoms with Gasteiger partial charge in [0.2, 0.25) is 5.91 Å². The van der Waals surface area contributed by atoms with Crippen LogP contribution in [0.4, 0.5) is 18.9 Å². The number of anilines is 1. The number of carbonyl (C=O) groups excluding carboxylic acids is 1. The Kier molecular flexibility index (Phi) is 4.04. The molecule has 7 heteroatoms. The zero-order valence-electron chi connectivity index (χ0n) is 12.7. The summed E-state index contributed by atoms with van der Waals surface area (Å²) in [4.78, 5) is 12.4. The number of aryl methyl sites for hydroxylation is 1. The number of alkyl halides is 3. The highest BCUT2D eigenvalue weighted by Crippen LogP contribution is 2.42. The molecule has 0 bridgehead atoms. The van der Waals surface area contributed by atoms with E-state index in [4.69, 9.17) is 0 Å². The lowest BCUT2D eigenvalue weighted by molar-refractivity contribution is -0.197. The van der Waals surface area contributed by atoms with Crippen molar-refractivity contribution >= 4 is 22.5 Å². The van der Waals surface area contributed by atoms with E-state index in [1.807, 2.05) is 13.0 Å². The fraction of sp³-hybridized carbons (Fsp3) is 0.500. The van der Waals surface area contributed by atoms with Crippen LogP contribution >= 0.6 is 0 Å². The number of fused-ring (bicyclic) bond motifs is 1. The molecule has 1 fully saturated rings. The molecule has 1 heterocycles. The van der Waals surface area contributed by atoms with E-state index < -0.39 is 23.9 Å². The number of aromatic amines is 1. The maximum Gasteiger partial charge on any atom is 0.392 e. The standard InChI is InChI=1S/C16H18F3N3O/c1-9-6-7-13(14-11(9)8-20-22-14)21-15(23)10-4-2-3-5-12(10)16(17,18)19/h6-8,10,12H,2-5H2,1H3,(H,20,22)(H,21,23)/t10-,12-/m0/s1. The summed E-state index contributed by atoms with van der Waals surface area (Å²) in [5.41, 5.74) is 2.09. The first-order valence-corrected chi connectivity index (χ1v) is 7.68. The van der Waals surface area contributed by atoms with Gasteiger partial charge in [0.25, 0.3) is 0 Å². The lowest BCUT2D eigenvalue weighted by atomic mass is 9.78.